The molecule has 0 aliphatic rings. The van der Waals surface area contributed by atoms with Crippen molar-refractivity contribution in [2.24, 2.45) is 0 Å². The van der Waals surface area contributed by atoms with Crippen LogP contribution in [0.1, 0.15) is 15.4 Å². The second-order valence-corrected chi connectivity index (χ2v) is 7.12. The van der Waals surface area contributed by atoms with E-state index in [1.807, 2.05) is 30.3 Å². The Kier molecular flexibility index (Phi) is 6.06. The van der Waals surface area contributed by atoms with Crippen molar-refractivity contribution in [1.29, 1.82) is 0 Å². The molecule has 0 bridgehead atoms. The Bertz CT molecular complexity index is 1090. The Balaban J connectivity index is 1.62. The lowest BCUT2D eigenvalue weighted by Crippen LogP contribution is -2.44. The van der Waals surface area contributed by atoms with Gasteiger partial charge in [-0.1, -0.05) is 18.2 Å². The van der Waals surface area contributed by atoms with E-state index >= 15 is 0 Å². The van der Waals surface area contributed by atoms with Crippen LogP contribution in [0.25, 0.3) is 15.9 Å². The molecular formula is C18H15F3N4O4S. The number of hydrogen-bond acceptors (Lipinski definition) is 6. The molecule has 0 fully saturated rings. The molecule has 2 N–H and O–H groups in total. The molecule has 0 saturated heterocycles. The zero-order chi connectivity index (χ0) is 21.9. The minimum absolute atomic E-state index is 0.213. The smallest absolute Gasteiger partial charge is 0.405 e. The number of para-hydroxylation sites is 1. The highest BCUT2D eigenvalue weighted by Gasteiger charge is 2.28. The van der Waals surface area contributed by atoms with Gasteiger partial charge in [-0.05, 0) is 25.1 Å². The van der Waals surface area contributed by atoms with Gasteiger partial charge in [0, 0.05) is 5.39 Å². The molecule has 0 aliphatic carbocycles. The summed E-state index contributed by atoms with van der Waals surface area (Å²) in [6, 6.07) is 9.53. The number of nitrogens with zero attached hydrogens (tertiary/aromatic N) is 2. The summed E-state index contributed by atoms with van der Waals surface area (Å²) in [5.74, 6) is -1.86. The number of amides is 3. The molecule has 3 amide bonds. The average Bonchev–Trinajstić information content (AvgIpc) is 3.25. The summed E-state index contributed by atoms with van der Waals surface area (Å²) in [6.45, 7) is -0.627. The number of ether oxygens (including phenoxy) is 1. The van der Waals surface area contributed by atoms with Crippen LogP contribution in [0.15, 0.2) is 36.4 Å². The van der Waals surface area contributed by atoms with Crippen LogP contribution in [0.3, 0.4) is 0 Å². The molecule has 3 aromatic rings. The summed E-state index contributed by atoms with van der Waals surface area (Å²) in [6.07, 6.45) is -4.61. The maximum absolute atomic E-state index is 12.2. The number of carbonyl (C=O) groups is 3. The van der Waals surface area contributed by atoms with E-state index in [1.54, 1.807) is 23.0 Å². The summed E-state index contributed by atoms with van der Waals surface area (Å²) >= 11 is 1.11. The molecule has 0 spiro atoms. The van der Waals surface area contributed by atoms with Crippen LogP contribution in [0.4, 0.5) is 18.0 Å². The van der Waals surface area contributed by atoms with Gasteiger partial charge in [0.2, 0.25) is 0 Å². The number of imide groups is 1. The predicted molar refractivity (Wildman–Crippen MR) is 102 cm³/mol. The fourth-order valence-electron chi connectivity index (χ4n) is 2.48. The highest BCUT2D eigenvalue weighted by molar-refractivity contribution is 7.20. The van der Waals surface area contributed by atoms with Gasteiger partial charge in [0.05, 0.1) is 11.4 Å². The SMILES string of the molecule is Cc1nn(-c2ccccc2)c2sc(C(=O)OCC(=O)NC(=O)NCC(F)(F)F)cc12. The highest BCUT2D eigenvalue weighted by Crippen LogP contribution is 2.30. The van der Waals surface area contributed by atoms with E-state index in [9.17, 15) is 27.6 Å². The van der Waals surface area contributed by atoms with Gasteiger partial charge in [-0.3, -0.25) is 10.1 Å². The molecular weight excluding hydrogens is 425 g/mol. The number of alkyl halides is 3. The molecule has 12 heteroatoms. The summed E-state index contributed by atoms with van der Waals surface area (Å²) < 4.78 is 42.6. The standard InChI is InChI=1S/C18H15F3N4O4S/c1-10-12-7-13(30-15(12)25(24-10)11-5-3-2-4-6-11)16(27)29-8-14(26)23-17(28)22-9-18(19,20)21/h2-7H,8-9H2,1H3,(H2,22,23,26,28). The van der Waals surface area contributed by atoms with E-state index in [4.69, 9.17) is 4.74 Å². The van der Waals surface area contributed by atoms with Crippen molar-refractivity contribution < 1.29 is 32.3 Å². The van der Waals surface area contributed by atoms with Gasteiger partial charge < -0.3 is 10.1 Å². The number of carbonyl (C=O) groups excluding carboxylic acids is 3. The number of esters is 1. The minimum Gasteiger partial charge on any atom is -0.451 e. The van der Waals surface area contributed by atoms with E-state index in [2.05, 4.69) is 5.10 Å². The Hall–Kier alpha value is -3.41. The third-order valence-corrected chi connectivity index (χ3v) is 4.87. The molecule has 0 saturated carbocycles. The number of fused-ring (bicyclic) bond motifs is 1. The number of urea groups is 1. The van der Waals surface area contributed by atoms with Crippen LogP contribution in [0.2, 0.25) is 0 Å². The third-order valence-electron chi connectivity index (χ3n) is 3.78. The first-order valence-electron chi connectivity index (χ1n) is 8.50. The minimum atomic E-state index is -4.61. The quantitative estimate of drug-likeness (QED) is 0.594. The molecule has 8 nitrogen and oxygen atoms in total. The summed E-state index contributed by atoms with van der Waals surface area (Å²) in [7, 11) is 0. The molecule has 0 radical (unpaired) electrons. The molecule has 3 rings (SSSR count). The fourth-order valence-corrected chi connectivity index (χ4v) is 3.56. The van der Waals surface area contributed by atoms with Crippen molar-refractivity contribution >= 4 is 39.5 Å². The lowest BCUT2D eigenvalue weighted by molar-refractivity contribution is -0.125. The van der Waals surface area contributed by atoms with Crippen LogP contribution < -0.4 is 10.6 Å². The number of thiophene rings is 1. The van der Waals surface area contributed by atoms with E-state index in [0.717, 1.165) is 22.4 Å². The monoisotopic (exact) mass is 440 g/mol. The fraction of sp³-hybridized carbons (Fsp3) is 0.222. The molecule has 2 heterocycles. The summed E-state index contributed by atoms with van der Waals surface area (Å²) in [4.78, 5) is 36.0. The average molecular weight is 440 g/mol. The molecule has 0 unspecified atom stereocenters. The van der Waals surface area contributed by atoms with Gasteiger partial charge in [-0.15, -0.1) is 11.3 Å². The third kappa shape index (κ3) is 5.14. The van der Waals surface area contributed by atoms with E-state index in [1.165, 1.54) is 5.32 Å². The maximum atomic E-state index is 12.2. The topological polar surface area (TPSA) is 102 Å². The Morgan fingerprint density at radius 3 is 2.57 bits per heavy atom. The van der Waals surface area contributed by atoms with Crippen molar-refractivity contribution in [2.45, 2.75) is 13.1 Å². The number of benzene rings is 1. The van der Waals surface area contributed by atoms with Crippen molar-refractivity contribution in [3.8, 4) is 5.69 Å². The zero-order valence-electron chi connectivity index (χ0n) is 15.4. The van der Waals surface area contributed by atoms with Crippen LogP contribution >= 0.6 is 11.3 Å². The Labute approximate surface area is 171 Å². The summed E-state index contributed by atoms with van der Waals surface area (Å²) in [5.41, 5.74) is 1.50. The highest BCUT2D eigenvalue weighted by atomic mass is 32.1. The van der Waals surface area contributed by atoms with Gasteiger partial charge in [0.1, 0.15) is 16.3 Å². The van der Waals surface area contributed by atoms with Gasteiger partial charge in [0.15, 0.2) is 6.61 Å². The van der Waals surface area contributed by atoms with E-state index in [-0.39, 0.29) is 4.88 Å². The molecule has 0 atom stereocenters. The number of aryl methyl sites for hydroxylation is 1. The first-order valence-corrected chi connectivity index (χ1v) is 9.32. The first kappa shape index (κ1) is 21.3. The number of halogens is 3. The van der Waals surface area contributed by atoms with E-state index in [0.29, 0.717) is 10.5 Å². The predicted octanol–water partition coefficient (Wildman–Crippen LogP) is 2.94. The molecule has 158 valence electrons. The van der Waals surface area contributed by atoms with E-state index < -0.39 is 37.2 Å². The van der Waals surface area contributed by atoms with Crippen LogP contribution in [-0.2, 0) is 9.53 Å². The van der Waals surface area contributed by atoms with Gasteiger partial charge in [-0.25, -0.2) is 14.3 Å². The van der Waals surface area contributed by atoms with Gasteiger partial charge in [0.25, 0.3) is 5.91 Å². The van der Waals surface area contributed by atoms with Gasteiger partial charge in [-0.2, -0.15) is 18.3 Å². The van der Waals surface area contributed by atoms with Crippen molar-refractivity contribution in [1.82, 2.24) is 20.4 Å². The molecule has 2 aromatic heterocycles. The maximum Gasteiger partial charge on any atom is 0.405 e. The zero-order valence-corrected chi connectivity index (χ0v) is 16.3. The van der Waals surface area contributed by atoms with Crippen LogP contribution in [-0.4, -0.2) is 47.0 Å². The molecule has 1 aromatic carbocycles. The number of rotatable bonds is 5. The van der Waals surface area contributed by atoms with Crippen molar-refractivity contribution in [3.05, 3.63) is 47.0 Å². The Morgan fingerprint density at radius 2 is 1.90 bits per heavy atom. The number of hydrogen-bond donors (Lipinski definition) is 2. The second-order valence-electron chi connectivity index (χ2n) is 6.08. The lowest BCUT2D eigenvalue weighted by atomic mass is 10.3. The normalized spacial score (nSPS) is 11.3. The molecule has 0 aliphatic heterocycles. The van der Waals surface area contributed by atoms with Crippen molar-refractivity contribution in [2.75, 3.05) is 13.2 Å². The Morgan fingerprint density at radius 1 is 1.20 bits per heavy atom. The molecule has 30 heavy (non-hydrogen) atoms. The summed E-state index contributed by atoms with van der Waals surface area (Å²) in [5, 5.41) is 8.31. The first-order chi connectivity index (χ1) is 14.1. The number of aromatic nitrogens is 2. The lowest BCUT2D eigenvalue weighted by Gasteiger charge is -2.09. The van der Waals surface area contributed by atoms with Crippen LogP contribution in [0, 0.1) is 6.92 Å². The van der Waals surface area contributed by atoms with Gasteiger partial charge >= 0.3 is 18.2 Å². The second kappa shape index (κ2) is 8.53. The van der Waals surface area contributed by atoms with Crippen LogP contribution in [0.5, 0.6) is 0 Å². The number of nitrogens with one attached hydrogen (secondary N) is 2. The van der Waals surface area contributed by atoms with Crippen molar-refractivity contribution in [3.63, 3.8) is 0 Å². The largest absolute Gasteiger partial charge is 0.451 e.